The Hall–Kier alpha value is -0.0400. The fourth-order valence-corrected chi connectivity index (χ4v) is 1.95. The second-order valence-corrected chi connectivity index (χ2v) is 3.14. The highest BCUT2D eigenvalue weighted by molar-refractivity contribution is 4.97. The summed E-state index contributed by atoms with van der Waals surface area (Å²) in [5.74, 6) is 1.77. The third kappa shape index (κ3) is 0.368. The first-order chi connectivity index (χ1) is 3.79. The quantitative estimate of drug-likeness (QED) is 0.460. The molecule has 3 aliphatic rings. The van der Waals surface area contributed by atoms with Crippen LogP contribution in [0.15, 0.2) is 0 Å². The maximum Gasteiger partial charge on any atom is 0.0611 e. The molecule has 2 saturated heterocycles. The maximum absolute atomic E-state index is 5.55. The molecule has 0 radical (unpaired) electrons. The van der Waals surface area contributed by atoms with E-state index in [9.17, 15) is 0 Å². The first-order valence-electron chi connectivity index (χ1n) is 3.44. The van der Waals surface area contributed by atoms with Gasteiger partial charge in [0.1, 0.15) is 0 Å². The number of ether oxygens (including phenoxy) is 1. The van der Waals surface area contributed by atoms with Gasteiger partial charge < -0.3 is 4.74 Å². The molecule has 0 aromatic rings. The van der Waals surface area contributed by atoms with E-state index < -0.39 is 0 Å². The van der Waals surface area contributed by atoms with Crippen molar-refractivity contribution in [2.75, 3.05) is 0 Å². The van der Waals surface area contributed by atoms with Crippen molar-refractivity contribution >= 4 is 0 Å². The molecule has 8 heavy (non-hydrogen) atoms. The van der Waals surface area contributed by atoms with Crippen LogP contribution in [0.2, 0.25) is 0 Å². The zero-order valence-electron chi connectivity index (χ0n) is 5.42. The molecule has 3 rings (SSSR count). The molecule has 1 nitrogen and oxygen atoms in total. The predicted molar refractivity (Wildman–Crippen MR) is 31.6 cm³/mol. The third-order valence-corrected chi connectivity index (χ3v) is 2.76. The zero-order valence-corrected chi connectivity index (χ0v) is 5.42. The highest BCUT2D eigenvalue weighted by atomic mass is 16.5. The summed E-state index contributed by atoms with van der Waals surface area (Å²) in [5, 5.41) is 0. The summed E-state index contributed by atoms with van der Waals surface area (Å²) in [5.41, 5.74) is 0. The van der Waals surface area contributed by atoms with Crippen molar-refractivity contribution < 1.29 is 4.74 Å². The molecule has 46 valence electrons. The second kappa shape index (κ2) is 1.27. The van der Waals surface area contributed by atoms with Gasteiger partial charge in [-0.1, -0.05) is 6.92 Å². The first kappa shape index (κ1) is 4.80. The SMILES string of the molecule is CC1OC2CC1C2C. The van der Waals surface area contributed by atoms with Gasteiger partial charge in [0.15, 0.2) is 0 Å². The van der Waals surface area contributed by atoms with Crippen molar-refractivity contribution in [3.05, 3.63) is 0 Å². The Labute approximate surface area is 50.0 Å². The fourth-order valence-electron chi connectivity index (χ4n) is 1.95. The number of hydrogen-bond acceptors (Lipinski definition) is 1. The summed E-state index contributed by atoms with van der Waals surface area (Å²) in [6.07, 6.45) is 2.53. The van der Waals surface area contributed by atoms with E-state index >= 15 is 0 Å². The smallest absolute Gasteiger partial charge is 0.0611 e. The first-order valence-corrected chi connectivity index (χ1v) is 3.44. The molecule has 2 aliphatic heterocycles. The average Bonchev–Trinajstić information content (AvgIpc) is 2.19. The fraction of sp³-hybridized carbons (Fsp3) is 1.00. The Morgan fingerprint density at radius 3 is 2.25 bits per heavy atom. The van der Waals surface area contributed by atoms with E-state index in [2.05, 4.69) is 13.8 Å². The van der Waals surface area contributed by atoms with Crippen molar-refractivity contribution in [2.24, 2.45) is 11.8 Å². The van der Waals surface area contributed by atoms with Gasteiger partial charge in [0.25, 0.3) is 0 Å². The predicted octanol–water partition coefficient (Wildman–Crippen LogP) is 1.43. The van der Waals surface area contributed by atoms with Gasteiger partial charge in [-0.3, -0.25) is 0 Å². The Kier molecular flexibility index (Phi) is 0.762. The van der Waals surface area contributed by atoms with Gasteiger partial charge in [-0.15, -0.1) is 0 Å². The summed E-state index contributed by atoms with van der Waals surface area (Å²) >= 11 is 0. The lowest BCUT2D eigenvalue weighted by Gasteiger charge is -2.29. The summed E-state index contributed by atoms with van der Waals surface area (Å²) < 4.78 is 5.55. The van der Waals surface area contributed by atoms with Gasteiger partial charge in [-0.05, 0) is 25.2 Å². The molecular weight excluding hydrogens is 100 g/mol. The van der Waals surface area contributed by atoms with Crippen molar-refractivity contribution in [1.82, 2.24) is 0 Å². The molecule has 3 fully saturated rings. The number of hydrogen-bond donors (Lipinski definition) is 0. The van der Waals surface area contributed by atoms with Crippen LogP contribution in [0, 0.1) is 11.8 Å². The van der Waals surface area contributed by atoms with Crippen LogP contribution < -0.4 is 0 Å². The minimum atomic E-state index is 0.565. The Morgan fingerprint density at radius 2 is 2.12 bits per heavy atom. The summed E-state index contributed by atoms with van der Waals surface area (Å²) in [6, 6.07) is 0. The molecule has 0 N–H and O–H groups in total. The molecule has 1 saturated carbocycles. The monoisotopic (exact) mass is 112 g/mol. The van der Waals surface area contributed by atoms with E-state index in [1.54, 1.807) is 0 Å². The van der Waals surface area contributed by atoms with Crippen LogP contribution in [-0.4, -0.2) is 12.2 Å². The van der Waals surface area contributed by atoms with Gasteiger partial charge in [0.05, 0.1) is 12.2 Å². The van der Waals surface area contributed by atoms with Crippen LogP contribution in [0.5, 0.6) is 0 Å². The summed E-state index contributed by atoms with van der Waals surface area (Å²) in [6.45, 7) is 4.48. The van der Waals surface area contributed by atoms with Gasteiger partial charge in [0, 0.05) is 0 Å². The lowest BCUT2D eigenvalue weighted by atomic mass is 9.73. The van der Waals surface area contributed by atoms with Gasteiger partial charge in [0.2, 0.25) is 0 Å². The highest BCUT2D eigenvalue weighted by Crippen LogP contribution is 2.47. The molecular formula is C7H12O. The largest absolute Gasteiger partial charge is 0.375 e. The van der Waals surface area contributed by atoms with Crippen LogP contribution in [0.3, 0.4) is 0 Å². The molecule has 1 aliphatic carbocycles. The van der Waals surface area contributed by atoms with Crippen molar-refractivity contribution in [2.45, 2.75) is 32.5 Å². The van der Waals surface area contributed by atoms with Crippen LogP contribution in [0.4, 0.5) is 0 Å². The Morgan fingerprint density at radius 1 is 1.38 bits per heavy atom. The lowest BCUT2D eigenvalue weighted by Crippen LogP contribution is -2.31. The van der Waals surface area contributed by atoms with Gasteiger partial charge >= 0.3 is 0 Å². The summed E-state index contributed by atoms with van der Waals surface area (Å²) in [4.78, 5) is 0. The number of rotatable bonds is 0. The van der Waals surface area contributed by atoms with E-state index in [1.165, 1.54) is 6.42 Å². The van der Waals surface area contributed by atoms with Gasteiger partial charge in [-0.25, -0.2) is 0 Å². The Bertz CT molecular complexity index is 107. The van der Waals surface area contributed by atoms with Crippen LogP contribution >= 0.6 is 0 Å². The summed E-state index contributed by atoms with van der Waals surface area (Å²) in [7, 11) is 0. The second-order valence-electron chi connectivity index (χ2n) is 3.14. The zero-order chi connectivity index (χ0) is 5.72. The lowest BCUT2D eigenvalue weighted by molar-refractivity contribution is 0.0607. The van der Waals surface area contributed by atoms with Crippen molar-refractivity contribution in [1.29, 1.82) is 0 Å². The number of fused-ring (bicyclic) bond motifs is 1. The molecule has 0 amide bonds. The standard InChI is InChI=1S/C7H12O/c1-4-6-3-7(4)8-5(6)2/h4-7H,3H2,1-2H3. The van der Waals surface area contributed by atoms with Crippen LogP contribution in [-0.2, 0) is 4.74 Å². The minimum Gasteiger partial charge on any atom is -0.375 e. The molecule has 0 aromatic carbocycles. The van der Waals surface area contributed by atoms with Crippen LogP contribution in [0.1, 0.15) is 20.3 Å². The van der Waals surface area contributed by atoms with E-state index in [4.69, 9.17) is 4.74 Å². The maximum atomic E-state index is 5.55. The van der Waals surface area contributed by atoms with E-state index in [0.29, 0.717) is 12.2 Å². The van der Waals surface area contributed by atoms with E-state index in [-0.39, 0.29) is 0 Å². The van der Waals surface area contributed by atoms with Crippen molar-refractivity contribution in [3.8, 4) is 0 Å². The van der Waals surface area contributed by atoms with Crippen molar-refractivity contribution in [3.63, 3.8) is 0 Å². The topological polar surface area (TPSA) is 9.23 Å². The molecule has 4 unspecified atom stereocenters. The normalized spacial score (nSPS) is 60.8. The highest BCUT2D eigenvalue weighted by Gasteiger charge is 2.49. The van der Waals surface area contributed by atoms with E-state index in [0.717, 1.165) is 11.8 Å². The molecule has 4 atom stereocenters. The molecule has 0 aromatic heterocycles. The molecule has 0 spiro atoms. The average molecular weight is 112 g/mol. The van der Waals surface area contributed by atoms with E-state index in [1.807, 2.05) is 0 Å². The van der Waals surface area contributed by atoms with Gasteiger partial charge in [-0.2, -0.15) is 0 Å². The third-order valence-electron chi connectivity index (χ3n) is 2.76. The minimum absolute atomic E-state index is 0.565. The Balaban J connectivity index is 2.13. The van der Waals surface area contributed by atoms with Crippen LogP contribution in [0.25, 0.3) is 0 Å². The molecule has 2 heterocycles. The molecule has 1 heteroatoms. The molecule has 2 bridgehead atoms.